The van der Waals surface area contributed by atoms with Crippen molar-refractivity contribution in [3.8, 4) is 0 Å². The Labute approximate surface area is 161 Å². The molecule has 3 rings (SSSR count). The van der Waals surface area contributed by atoms with Crippen molar-refractivity contribution in [1.29, 1.82) is 0 Å². The highest BCUT2D eigenvalue weighted by Gasteiger charge is 2.20. The summed E-state index contributed by atoms with van der Waals surface area (Å²) < 4.78 is 29.3. The molecule has 3 aromatic carbocycles. The molecule has 130 valence electrons. The van der Waals surface area contributed by atoms with E-state index in [4.69, 9.17) is 11.6 Å². The maximum atomic E-state index is 12.9. The summed E-state index contributed by atoms with van der Waals surface area (Å²) in [6.07, 6.45) is 0. The van der Waals surface area contributed by atoms with Crippen LogP contribution < -0.4 is 4.72 Å². The van der Waals surface area contributed by atoms with Crippen molar-refractivity contribution in [2.24, 2.45) is 0 Å². The number of hydrogen-bond donors (Lipinski definition) is 1. The molecule has 0 heterocycles. The van der Waals surface area contributed by atoms with Gasteiger partial charge in [-0.3, -0.25) is 4.72 Å². The minimum Gasteiger partial charge on any atom is -0.278 e. The molecular formula is C19H17BrClNO2S. The lowest BCUT2D eigenvalue weighted by molar-refractivity contribution is 0.602. The van der Waals surface area contributed by atoms with E-state index in [0.29, 0.717) is 26.5 Å². The second-order valence-electron chi connectivity index (χ2n) is 6.09. The van der Waals surface area contributed by atoms with Crippen LogP contribution in [0.5, 0.6) is 0 Å². The molecule has 0 bridgehead atoms. The second-order valence-corrected chi connectivity index (χ2v) is 9.01. The molecule has 6 heteroatoms. The fraction of sp³-hybridized carbons (Fsp3) is 0.158. The maximum absolute atomic E-state index is 12.9. The molecule has 0 spiro atoms. The Morgan fingerprint density at radius 3 is 2.36 bits per heavy atom. The molecule has 0 aliphatic carbocycles. The summed E-state index contributed by atoms with van der Waals surface area (Å²) in [5.74, 6) is 0.360. The van der Waals surface area contributed by atoms with E-state index in [0.717, 1.165) is 10.9 Å². The Bertz CT molecular complexity index is 1040. The van der Waals surface area contributed by atoms with Gasteiger partial charge in [0.25, 0.3) is 10.0 Å². The number of halogens is 2. The number of fused-ring (bicyclic) bond motifs is 1. The fourth-order valence-corrected chi connectivity index (χ4v) is 4.96. The zero-order valence-electron chi connectivity index (χ0n) is 13.8. The van der Waals surface area contributed by atoms with Crippen LogP contribution in [0.1, 0.15) is 25.3 Å². The Hall–Kier alpha value is -1.56. The van der Waals surface area contributed by atoms with Gasteiger partial charge >= 0.3 is 0 Å². The molecular weight excluding hydrogens is 422 g/mol. The first-order valence-electron chi connectivity index (χ1n) is 7.79. The molecule has 0 saturated heterocycles. The second kappa shape index (κ2) is 6.98. The summed E-state index contributed by atoms with van der Waals surface area (Å²) in [7, 11) is -3.78. The third kappa shape index (κ3) is 3.68. The third-order valence-electron chi connectivity index (χ3n) is 4.01. The van der Waals surface area contributed by atoms with Crippen LogP contribution in [0.15, 0.2) is 64.0 Å². The highest BCUT2D eigenvalue weighted by atomic mass is 79.9. The van der Waals surface area contributed by atoms with Crippen LogP contribution in [-0.4, -0.2) is 8.42 Å². The summed E-state index contributed by atoms with van der Waals surface area (Å²) in [6, 6.07) is 16.1. The van der Waals surface area contributed by atoms with Crippen molar-refractivity contribution in [3.63, 3.8) is 0 Å². The van der Waals surface area contributed by atoms with Crippen LogP contribution in [0.4, 0.5) is 5.69 Å². The topological polar surface area (TPSA) is 46.2 Å². The normalized spacial score (nSPS) is 11.9. The van der Waals surface area contributed by atoms with E-state index in [2.05, 4.69) is 34.5 Å². The first-order chi connectivity index (χ1) is 11.8. The van der Waals surface area contributed by atoms with Crippen molar-refractivity contribution in [2.75, 3.05) is 4.72 Å². The number of rotatable bonds is 4. The first-order valence-corrected chi connectivity index (χ1v) is 10.4. The standard InChI is InChI=1S/C19H17BrClNO2S/c1-12(2)14-9-10-17(15(20)11-14)22-25(23,24)18-8-4-6-13-5-3-7-16(21)19(13)18/h3-12,22H,1-2H3. The van der Waals surface area contributed by atoms with Crippen molar-refractivity contribution >= 4 is 54.0 Å². The van der Waals surface area contributed by atoms with E-state index in [1.807, 2.05) is 24.3 Å². The van der Waals surface area contributed by atoms with Gasteiger partial charge in [-0.15, -0.1) is 0 Å². The third-order valence-corrected chi connectivity index (χ3v) is 6.39. The molecule has 0 fully saturated rings. The number of hydrogen-bond acceptors (Lipinski definition) is 2. The van der Waals surface area contributed by atoms with Gasteiger partial charge in [-0.05, 0) is 57.1 Å². The molecule has 0 saturated carbocycles. The fourth-order valence-electron chi connectivity index (χ4n) is 2.66. The summed E-state index contributed by atoms with van der Waals surface area (Å²) in [5.41, 5.74) is 1.62. The number of sulfonamides is 1. The van der Waals surface area contributed by atoms with Gasteiger partial charge in [0.05, 0.1) is 10.6 Å². The highest BCUT2D eigenvalue weighted by molar-refractivity contribution is 9.10. The Morgan fingerprint density at radius 2 is 1.72 bits per heavy atom. The lowest BCUT2D eigenvalue weighted by Gasteiger charge is -2.14. The number of anilines is 1. The molecule has 0 unspecified atom stereocenters. The van der Waals surface area contributed by atoms with Crippen LogP contribution in [0.3, 0.4) is 0 Å². The molecule has 25 heavy (non-hydrogen) atoms. The van der Waals surface area contributed by atoms with Crippen LogP contribution in [0.2, 0.25) is 5.02 Å². The zero-order chi connectivity index (χ0) is 18.2. The van der Waals surface area contributed by atoms with Crippen molar-refractivity contribution in [1.82, 2.24) is 0 Å². The van der Waals surface area contributed by atoms with E-state index in [1.54, 1.807) is 30.3 Å². The molecule has 0 radical (unpaired) electrons. The van der Waals surface area contributed by atoms with E-state index >= 15 is 0 Å². The molecule has 0 aromatic heterocycles. The summed E-state index contributed by atoms with van der Waals surface area (Å²) >= 11 is 9.71. The van der Waals surface area contributed by atoms with Gasteiger partial charge in [-0.25, -0.2) is 8.42 Å². The Kier molecular flexibility index (Phi) is 5.09. The van der Waals surface area contributed by atoms with Gasteiger partial charge < -0.3 is 0 Å². The Morgan fingerprint density at radius 1 is 1.04 bits per heavy atom. The Balaban J connectivity index is 2.07. The van der Waals surface area contributed by atoms with Crippen LogP contribution in [-0.2, 0) is 10.0 Å². The molecule has 0 aliphatic heterocycles. The van der Waals surface area contributed by atoms with E-state index in [-0.39, 0.29) is 4.90 Å². The quantitative estimate of drug-likeness (QED) is 0.528. The van der Waals surface area contributed by atoms with Crippen LogP contribution in [0.25, 0.3) is 10.8 Å². The van der Waals surface area contributed by atoms with Gasteiger partial charge in [0.2, 0.25) is 0 Å². The maximum Gasteiger partial charge on any atom is 0.262 e. The van der Waals surface area contributed by atoms with Gasteiger partial charge in [-0.2, -0.15) is 0 Å². The largest absolute Gasteiger partial charge is 0.278 e. The summed E-state index contributed by atoms with van der Waals surface area (Å²) in [4.78, 5) is 0.162. The predicted molar refractivity (Wildman–Crippen MR) is 108 cm³/mol. The molecule has 0 aliphatic rings. The summed E-state index contributed by atoms with van der Waals surface area (Å²) in [6.45, 7) is 4.17. The van der Waals surface area contributed by atoms with E-state index < -0.39 is 10.0 Å². The highest BCUT2D eigenvalue weighted by Crippen LogP contribution is 2.33. The average molecular weight is 439 g/mol. The smallest absolute Gasteiger partial charge is 0.262 e. The van der Waals surface area contributed by atoms with Gasteiger partial charge in [0, 0.05) is 14.9 Å². The monoisotopic (exact) mass is 437 g/mol. The van der Waals surface area contributed by atoms with E-state index in [9.17, 15) is 8.42 Å². The van der Waals surface area contributed by atoms with Gasteiger partial charge in [-0.1, -0.05) is 55.8 Å². The average Bonchev–Trinajstić information content (AvgIpc) is 2.56. The SMILES string of the molecule is CC(C)c1ccc(NS(=O)(=O)c2cccc3cccc(Cl)c23)c(Br)c1. The minimum absolute atomic E-state index is 0.162. The lowest BCUT2D eigenvalue weighted by atomic mass is 10.0. The molecule has 3 nitrogen and oxygen atoms in total. The predicted octanol–water partition coefficient (Wildman–Crippen LogP) is 6.18. The minimum atomic E-state index is -3.78. The number of nitrogens with one attached hydrogen (secondary N) is 1. The molecule has 0 atom stereocenters. The number of benzene rings is 3. The molecule has 0 amide bonds. The van der Waals surface area contributed by atoms with Crippen LogP contribution >= 0.6 is 27.5 Å². The van der Waals surface area contributed by atoms with Gasteiger partial charge in [0.15, 0.2) is 0 Å². The van der Waals surface area contributed by atoms with Crippen molar-refractivity contribution in [2.45, 2.75) is 24.7 Å². The van der Waals surface area contributed by atoms with E-state index in [1.165, 1.54) is 0 Å². The summed E-state index contributed by atoms with van der Waals surface area (Å²) in [5, 5.41) is 1.71. The first kappa shape index (κ1) is 18.2. The molecule has 1 N–H and O–H groups in total. The van der Waals surface area contributed by atoms with Crippen molar-refractivity contribution < 1.29 is 8.42 Å². The van der Waals surface area contributed by atoms with Crippen LogP contribution in [0, 0.1) is 0 Å². The lowest BCUT2D eigenvalue weighted by Crippen LogP contribution is -2.14. The van der Waals surface area contributed by atoms with Crippen molar-refractivity contribution in [3.05, 3.63) is 69.7 Å². The molecule has 3 aromatic rings. The van der Waals surface area contributed by atoms with Gasteiger partial charge in [0.1, 0.15) is 0 Å². The zero-order valence-corrected chi connectivity index (χ0v) is 16.9.